The molecule has 2 aromatic rings. The number of piperazine rings is 1. The Kier molecular flexibility index (Phi) is 7.88. The minimum atomic E-state index is -1.54. The summed E-state index contributed by atoms with van der Waals surface area (Å²) in [7, 11) is 2.09. The normalized spacial score (nSPS) is 22.1. The number of nitrogens with two attached hydrogens (primary N) is 1. The number of halogens is 1. The summed E-state index contributed by atoms with van der Waals surface area (Å²) >= 11 is 6.10. The predicted octanol–water partition coefficient (Wildman–Crippen LogP) is 0.637. The maximum atomic E-state index is 13.1. The van der Waals surface area contributed by atoms with Gasteiger partial charge in [0.05, 0.1) is 16.9 Å². The van der Waals surface area contributed by atoms with Gasteiger partial charge in [-0.15, -0.1) is 0 Å². The van der Waals surface area contributed by atoms with E-state index < -0.39 is 17.5 Å². The smallest absolute Gasteiger partial charge is 0.257 e. The number of carbonyl (C=O) groups excluding carboxylic acids is 3. The van der Waals surface area contributed by atoms with Gasteiger partial charge in [-0.3, -0.25) is 24.3 Å². The minimum Gasteiger partial charge on any atom is -0.367 e. The molecule has 10 nitrogen and oxygen atoms in total. The van der Waals surface area contributed by atoms with Crippen molar-refractivity contribution < 1.29 is 14.4 Å². The molecular weight excluding hydrogens is 482 g/mol. The molecule has 0 spiro atoms. The average Bonchev–Trinajstić information content (AvgIpc) is 3.32. The molecule has 11 heteroatoms. The summed E-state index contributed by atoms with van der Waals surface area (Å²) in [4.78, 5) is 47.1. The van der Waals surface area contributed by atoms with Crippen LogP contribution in [0.5, 0.6) is 0 Å². The second-order valence-corrected chi connectivity index (χ2v) is 9.35. The molecule has 2 aliphatic heterocycles. The monoisotopic (exact) mass is 511 g/mol. The number of carbonyl (C=O) groups is 3. The lowest BCUT2D eigenvalue weighted by molar-refractivity contribution is -0.131. The summed E-state index contributed by atoms with van der Waals surface area (Å²) in [5.74, 6) is -1.48. The summed E-state index contributed by atoms with van der Waals surface area (Å²) < 4.78 is 0. The molecular formula is C25H30ClN7O3. The standard InChI is InChI=1S/C25H30ClN7O3/c1-32-12-14-33(15-13-32)11-10-28-23(35)21-25(24(27)36,30-16-29-21)17-6-8-18(9-7-17)31-22(34)19-4-2-3-5-20(19)26/h2-9,16,21H,10-15H2,1H3,(H2,27,36)(H,28,35)(H,29,30)(H,31,34). The molecule has 0 aliphatic carbocycles. The van der Waals surface area contributed by atoms with Gasteiger partial charge in [0, 0.05) is 45.0 Å². The summed E-state index contributed by atoms with van der Waals surface area (Å²) in [6, 6.07) is 12.2. The molecule has 2 aliphatic rings. The van der Waals surface area contributed by atoms with Crippen molar-refractivity contribution in [2.75, 3.05) is 51.6 Å². The number of nitrogens with zero attached hydrogens (tertiary/aromatic N) is 3. The van der Waals surface area contributed by atoms with Crippen LogP contribution in [0.25, 0.3) is 0 Å². The molecule has 2 atom stereocenters. The van der Waals surface area contributed by atoms with Crippen molar-refractivity contribution >= 4 is 41.3 Å². The molecule has 190 valence electrons. The fourth-order valence-electron chi connectivity index (χ4n) is 4.42. The SMILES string of the molecule is CN1CCN(CCNC(=O)C2N=CNC2(C(N)=O)c2ccc(NC(=O)c3ccccc3Cl)cc2)CC1. The van der Waals surface area contributed by atoms with E-state index in [2.05, 4.69) is 37.8 Å². The van der Waals surface area contributed by atoms with Gasteiger partial charge in [-0.2, -0.15) is 0 Å². The van der Waals surface area contributed by atoms with Crippen LogP contribution < -0.4 is 21.7 Å². The molecule has 2 unspecified atom stereocenters. The lowest BCUT2D eigenvalue weighted by Gasteiger charge is -2.33. The van der Waals surface area contributed by atoms with E-state index in [-0.39, 0.29) is 11.8 Å². The highest BCUT2D eigenvalue weighted by molar-refractivity contribution is 6.34. The van der Waals surface area contributed by atoms with E-state index in [9.17, 15) is 14.4 Å². The number of likely N-dealkylation sites (N-methyl/N-ethyl adjacent to an activating group) is 1. The zero-order valence-corrected chi connectivity index (χ0v) is 20.8. The van der Waals surface area contributed by atoms with Crippen molar-refractivity contribution in [3.05, 3.63) is 64.7 Å². The van der Waals surface area contributed by atoms with Gasteiger partial charge in [-0.05, 0) is 36.9 Å². The van der Waals surface area contributed by atoms with Crippen LogP contribution in [0.1, 0.15) is 15.9 Å². The minimum absolute atomic E-state index is 0.341. The number of benzene rings is 2. The lowest BCUT2D eigenvalue weighted by atomic mass is 9.82. The first-order chi connectivity index (χ1) is 17.3. The second kappa shape index (κ2) is 11.1. The van der Waals surface area contributed by atoms with Gasteiger partial charge in [0.2, 0.25) is 5.91 Å². The largest absolute Gasteiger partial charge is 0.367 e. The number of nitrogens with one attached hydrogen (secondary N) is 3. The number of anilines is 1. The number of rotatable bonds is 8. The molecule has 0 bridgehead atoms. The maximum absolute atomic E-state index is 13.1. The van der Waals surface area contributed by atoms with Crippen LogP contribution in [0.4, 0.5) is 5.69 Å². The van der Waals surface area contributed by atoms with E-state index in [1.54, 1.807) is 48.5 Å². The van der Waals surface area contributed by atoms with Crippen LogP contribution in [-0.2, 0) is 15.1 Å². The Labute approximate surface area is 214 Å². The van der Waals surface area contributed by atoms with E-state index in [4.69, 9.17) is 17.3 Å². The Bertz CT molecular complexity index is 1150. The number of primary amides is 1. The molecule has 5 N–H and O–H groups in total. The number of hydrogen-bond donors (Lipinski definition) is 4. The van der Waals surface area contributed by atoms with E-state index in [0.29, 0.717) is 34.9 Å². The second-order valence-electron chi connectivity index (χ2n) is 8.94. The first-order valence-corrected chi connectivity index (χ1v) is 12.1. The average molecular weight is 512 g/mol. The predicted molar refractivity (Wildman–Crippen MR) is 139 cm³/mol. The van der Waals surface area contributed by atoms with Gasteiger partial charge in [-0.1, -0.05) is 35.9 Å². The highest BCUT2D eigenvalue weighted by Gasteiger charge is 2.52. The number of hydrogen-bond acceptors (Lipinski definition) is 7. The Hall–Kier alpha value is -3.47. The van der Waals surface area contributed by atoms with Crippen molar-refractivity contribution in [3.8, 4) is 0 Å². The molecule has 0 radical (unpaired) electrons. The zero-order valence-electron chi connectivity index (χ0n) is 20.0. The van der Waals surface area contributed by atoms with Crippen LogP contribution in [0.2, 0.25) is 5.02 Å². The van der Waals surface area contributed by atoms with Crippen LogP contribution in [0.15, 0.2) is 53.5 Å². The van der Waals surface area contributed by atoms with Gasteiger partial charge in [-0.25, -0.2) is 0 Å². The maximum Gasteiger partial charge on any atom is 0.257 e. The van der Waals surface area contributed by atoms with Gasteiger partial charge >= 0.3 is 0 Å². The molecule has 1 fully saturated rings. The van der Waals surface area contributed by atoms with Crippen molar-refractivity contribution in [2.24, 2.45) is 10.7 Å². The Morgan fingerprint density at radius 2 is 1.81 bits per heavy atom. The van der Waals surface area contributed by atoms with Gasteiger partial charge in [0.15, 0.2) is 11.6 Å². The third-order valence-corrected chi connectivity index (χ3v) is 6.93. The van der Waals surface area contributed by atoms with E-state index >= 15 is 0 Å². The third-order valence-electron chi connectivity index (χ3n) is 6.60. The zero-order chi connectivity index (χ0) is 25.7. The van der Waals surface area contributed by atoms with Crippen molar-refractivity contribution in [3.63, 3.8) is 0 Å². The van der Waals surface area contributed by atoms with Crippen molar-refractivity contribution in [1.82, 2.24) is 20.4 Å². The fraction of sp³-hybridized carbons (Fsp3) is 0.360. The Morgan fingerprint density at radius 1 is 1.11 bits per heavy atom. The third kappa shape index (κ3) is 5.35. The Balaban J connectivity index is 1.43. The molecule has 2 aromatic carbocycles. The fourth-order valence-corrected chi connectivity index (χ4v) is 4.65. The van der Waals surface area contributed by atoms with Gasteiger partial charge < -0.3 is 26.6 Å². The molecule has 2 heterocycles. The van der Waals surface area contributed by atoms with E-state index in [0.717, 1.165) is 26.2 Å². The quantitative estimate of drug-likeness (QED) is 0.411. The molecule has 4 rings (SSSR count). The summed E-state index contributed by atoms with van der Waals surface area (Å²) in [6.45, 7) is 5.03. The van der Waals surface area contributed by atoms with Crippen molar-refractivity contribution in [1.29, 1.82) is 0 Å². The Morgan fingerprint density at radius 3 is 2.47 bits per heavy atom. The van der Waals surface area contributed by atoms with Crippen LogP contribution in [0.3, 0.4) is 0 Å². The van der Waals surface area contributed by atoms with Crippen LogP contribution in [0, 0.1) is 0 Å². The highest BCUT2D eigenvalue weighted by atomic mass is 35.5. The van der Waals surface area contributed by atoms with Gasteiger partial charge in [0.25, 0.3) is 11.8 Å². The summed E-state index contributed by atoms with van der Waals surface area (Å²) in [5, 5.41) is 8.92. The molecule has 0 aromatic heterocycles. The number of amides is 3. The van der Waals surface area contributed by atoms with E-state index in [1.165, 1.54) is 6.34 Å². The van der Waals surface area contributed by atoms with Crippen LogP contribution >= 0.6 is 11.6 Å². The molecule has 1 saturated heterocycles. The molecule has 36 heavy (non-hydrogen) atoms. The van der Waals surface area contributed by atoms with E-state index in [1.807, 2.05) is 0 Å². The lowest BCUT2D eigenvalue weighted by Crippen LogP contribution is -2.60. The summed E-state index contributed by atoms with van der Waals surface area (Å²) in [6.07, 6.45) is 1.34. The highest BCUT2D eigenvalue weighted by Crippen LogP contribution is 2.31. The number of aliphatic imine (C=N–C) groups is 1. The first kappa shape index (κ1) is 25.6. The topological polar surface area (TPSA) is 132 Å². The van der Waals surface area contributed by atoms with Crippen molar-refractivity contribution in [2.45, 2.75) is 11.6 Å². The van der Waals surface area contributed by atoms with Crippen LogP contribution in [-0.4, -0.2) is 86.2 Å². The molecule has 0 saturated carbocycles. The first-order valence-electron chi connectivity index (χ1n) is 11.8. The molecule has 3 amide bonds. The van der Waals surface area contributed by atoms with Gasteiger partial charge in [0.1, 0.15) is 0 Å². The summed E-state index contributed by atoms with van der Waals surface area (Å²) in [5.41, 5.74) is 5.57.